The van der Waals surface area contributed by atoms with Crippen LogP contribution in [0.5, 0.6) is 0 Å². The number of carbonyl (C=O) groups excluding carboxylic acids is 1. The number of sulfonamides is 1. The summed E-state index contributed by atoms with van der Waals surface area (Å²) in [6.45, 7) is 0.0414. The fraction of sp³-hybridized carbons (Fsp3) is 0.333. The van der Waals surface area contributed by atoms with Crippen LogP contribution in [0.15, 0.2) is 18.5 Å². The molecule has 8 heteroatoms. The number of rotatable bonds is 2. The van der Waals surface area contributed by atoms with Gasteiger partial charge in [-0.3, -0.25) is 9.78 Å². The van der Waals surface area contributed by atoms with Crippen LogP contribution < -0.4 is 10.0 Å². The summed E-state index contributed by atoms with van der Waals surface area (Å²) in [6, 6.07) is 1.55. The van der Waals surface area contributed by atoms with E-state index in [4.69, 9.17) is 16.7 Å². The summed E-state index contributed by atoms with van der Waals surface area (Å²) in [5, 5.41) is 4.54. The van der Waals surface area contributed by atoms with E-state index in [1.807, 2.05) is 0 Å². The van der Waals surface area contributed by atoms with Crippen molar-refractivity contribution in [3.8, 4) is 0 Å². The maximum atomic E-state index is 11.7. The van der Waals surface area contributed by atoms with Crippen LogP contribution in [0.25, 0.3) is 0 Å². The maximum Gasteiger partial charge on any atom is 0.228 e. The van der Waals surface area contributed by atoms with Gasteiger partial charge in [0.25, 0.3) is 0 Å². The Morgan fingerprint density at radius 2 is 2.18 bits per heavy atom. The van der Waals surface area contributed by atoms with E-state index in [2.05, 4.69) is 4.98 Å². The Labute approximate surface area is 103 Å². The van der Waals surface area contributed by atoms with Crippen LogP contribution in [-0.4, -0.2) is 31.1 Å². The maximum absolute atomic E-state index is 11.7. The molecule has 1 aliphatic heterocycles. The van der Waals surface area contributed by atoms with E-state index in [0.717, 1.165) is 0 Å². The Kier molecular flexibility index (Phi) is 3.07. The molecule has 1 aromatic heterocycles. The first-order valence-corrected chi connectivity index (χ1v) is 6.79. The first kappa shape index (κ1) is 12.3. The summed E-state index contributed by atoms with van der Waals surface area (Å²) in [5.41, 5.74) is 0.480. The van der Waals surface area contributed by atoms with E-state index in [-0.39, 0.29) is 18.9 Å². The number of nitrogens with two attached hydrogens (primary N) is 1. The summed E-state index contributed by atoms with van der Waals surface area (Å²) in [7, 11) is -3.70. The zero-order chi connectivity index (χ0) is 12.6. The lowest BCUT2D eigenvalue weighted by Gasteiger charge is -2.15. The van der Waals surface area contributed by atoms with E-state index in [0.29, 0.717) is 10.7 Å². The summed E-state index contributed by atoms with van der Waals surface area (Å²) in [4.78, 5) is 16.8. The minimum Gasteiger partial charge on any atom is -0.309 e. The highest BCUT2D eigenvalue weighted by Gasteiger charge is 2.37. The number of halogens is 1. The van der Waals surface area contributed by atoms with Crippen LogP contribution in [0.1, 0.15) is 6.42 Å². The van der Waals surface area contributed by atoms with Crippen molar-refractivity contribution in [1.82, 2.24) is 4.98 Å². The highest BCUT2D eigenvalue weighted by molar-refractivity contribution is 7.89. The molecule has 2 heterocycles. The second-order valence-electron chi connectivity index (χ2n) is 3.78. The Morgan fingerprint density at radius 1 is 1.47 bits per heavy atom. The third-order valence-corrected chi connectivity index (χ3v) is 4.01. The Morgan fingerprint density at radius 3 is 2.71 bits per heavy atom. The zero-order valence-electron chi connectivity index (χ0n) is 8.71. The van der Waals surface area contributed by atoms with Gasteiger partial charge in [-0.15, -0.1) is 0 Å². The van der Waals surface area contributed by atoms with Gasteiger partial charge < -0.3 is 4.90 Å². The molecule has 1 aliphatic rings. The number of pyridine rings is 1. The summed E-state index contributed by atoms with van der Waals surface area (Å²) in [5.74, 6) is -0.298. The largest absolute Gasteiger partial charge is 0.309 e. The van der Waals surface area contributed by atoms with Crippen LogP contribution in [0.2, 0.25) is 5.02 Å². The molecular formula is C9H10ClN3O3S. The number of primary sulfonamides is 1. The summed E-state index contributed by atoms with van der Waals surface area (Å²) < 4.78 is 22.4. The Hall–Kier alpha value is -1.18. The Balaban J connectivity index is 2.28. The van der Waals surface area contributed by atoms with Crippen LogP contribution in [0, 0.1) is 0 Å². The Bertz CT molecular complexity index is 560. The molecule has 6 nitrogen and oxygen atoms in total. The van der Waals surface area contributed by atoms with E-state index in [1.165, 1.54) is 17.3 Å². The van der Waals surface area contributed by atoms with Crippen molar-refractivity contribution in [3.63, 3.8) is 0 Å². The van der Waals surface area contributed by atoms with Gasteiger partial charge in [-0.2, -0.15) is 0 Å². The number of aromatic nitrogens is 1. The lowest BCUT2D eigenvalue weighted by molar-refractivity contribution is -0.117. The van der Waals surface area contributed by atoms with Crippen LogP contribution in [0.3, 0.4) is 0 Å². The van der Waals surface area contributed by atoms with Gasteiger partial charge in [0.15, 0.2) is 0 Å². The van der Waals surface area contributed by atoms with Gasteiger partial charge in [0.05, 0.1) is 16.9 Å². The minimum atomic E-state index is -3.70. The van der Waals surface area contributed by atoms with E-state index >= 15 is 0 Å². The molecule has 17 heavy (non-hydrogen) atoms. The van der Waals surface area contributed by atoms with Crippen molar-refractivity contribution in [2.24, 2.45) is 5.14 Å². The lowest BCUT2D eigenvalue weighted by atomic mass is 10.4. The van der Waals surface area contributed by atoms with Crippen molar-refractivity contribution < 1.29 is 13.2 Å². The second-order valence-corrected chi connectivity index (χ2v) is 6.06. The first-order chi connectivity index (χ1) is 7.88. The average molecular weight is 276 g/mol. The molecule has 0 spiro atoms. The van der Waals surface area contributed by atoms with Crippen LogP contribution >= 0.6 is 11.6 Å². The average Bonchev–Trinajstić information content (AvgIpc) is 2.60. The predicted octanol–water partition coefficient (Wildman–Crippen LogP) is 0.129. The van der Waals surface area contributed by atoms with E-state index in [1.54, 1.807) is 6.07 Å². The van der Waals surface area contributed by atoms with Crippen molar-refractivity contribution in [1.29, 1.82) is 0 Å². The third-order valence-electron chi connectivity index (χ3n) is 2.56. The molecule has 0 saturated carbocycles. The van der Waals surface area contributed by atoms with E-state index < -0.39 is 15.3 Å². The number of hydrogen-bond donors (Lipinski definition) is 1. The van der Waals surface area contributed by atoms with Crippen molar-refractivity contribution in [2.45, 2.75) is 11.7 Å². The lowest BCUT2D eigenvalue weighted by Crippen LogP contribution is -2.32. The van der Waals surface area contributed by atoms with Crippen molar-refractivity contribution in [3.05, 3.63) is 23.5 Å². The summed E-state index contributed by atoms with van der Waals surface area (Å²) >= 11 is 5.75. The molecule has 1 aromatic rings. The number of carbonyl (C=O) groups is 1. The quantitative estimate of drug-likeness (QED) is 0.830. The number of hydrogen-bond acceptors (Lipinski definition) is 4. The molecule has 0 bridgehead atoms. The molecule has 0 aliphatic carbocycles. The molecule has 1 saturated heterocycles. The monoisotopic (exact) mass is 275 g/mol. The first-order valence-electron chi connectivity index (χ1n) is 4.80. The molecule has 2 rings (SSSR count). The predicted molar refractivity (Wildman–Crippen MR) is 63.1 cm³/mol. The molecule has 0 aromatic carbocycles. The highest BCUT2D eigenvalue weighted by atomic mass is 35.5. The smallest absolute Gasteiger partial charge is 0.228 e. The van der Waals surface area contributed by atoms with Gasteiger partial charge in [0.2, 0.25) is 15.9 Å². The minimum absolute atomic E-state index is 0.0414. The molecule has 2 N–H and O–H groups in total. The topological polar surface area (TPSA) is 93.4 Å². The second kappa shape index (κ2) is 4.25. The zero-order valence-corrected chi connectivity index (χ0v) is 10.3. The molecule has 1 amide bonds. The van der Waals surface area contributed by atoms with E-state index in [9.17, 15) is 13.2 Å². The van der Waals surface area contributed by atoms with Gasteiger partial charge in [0.1, 0.15) is 5.25 Å². The molecule has 92 valence electrons. The molecule has 1 fully saturated rings. The van der Waals surface area contributed by atoms with Gasteiger partial charge in [-0.1, -0.05) is 11.6 Å². The highest BCUT2D eigenvalue weighted by Crippen LogP contribution is 2.25. The number of anilines is 1. The van der Waals surface area contributed by atoms with Crippen molar-refractivity contribution in [2.75, 3.05) is 11.4 Å². The van der Waals surface area contributed by atoms with Gasteiger partial charge in [0, 0.05) is 19.2 Å². The van der Waals surface area contributed by atoms with Crippen LogP contribution in [-0.2, 0) is 14.8 Å². The van der Waals surface area contributed by atoms with Gasteiger partial charge >= 0.3 is 0 Å². The number of amides is 1. The number of nitrogens with zero attached hydrogens (tertiary/aromatic N) is 2. The van der Waals surface area contributed by atoms with Gasteiger partial charge in [-0.05, 0) is 6.07 Å². The van der Waals surface area contributed by atoms with Crippen molar-refractivity contribution >= 4 is 33.2 Å². The van der Waals surface area contributed by atoms with Gasteiger partial charge in [-0.25, -0.2) is 13.6 Å². The SMILES string of the molecule is NS(=O)(=O)C1CC(=O)N(c2cncc(Cl)c2)C1. The fourth-order valence-corrected chi connectivity index (χ4v) is 2.59. The molecule has 1 atom stereocenters. The van der Waals surface area contributed by atoms with Crippen LogP contribution in [0.4, 0.5) is 5.69 Å². The molecule has 0 radical (unpaired) electrons. The molecule has 1 unspecified atom stereocenters. The summed E-state index contributed by atoms with van der Waals surface area (Å²) in [6.07, 6.45) is 2.78. The fourth-order valence-electron chi connectivity index (χ4n) is 1.69. The normalized spacial score (nSPS) is 20.9. The molecular weight excluding hydrogens is 266 g/mol. The standard InChI is InChI=1S/C9H10ClN3O3S/c10-6-1-7(4-12-3-6)13-5-8(2-9(13)14)17(11,15)16/h1,3-4,8H,2,5H2,(H2,11,15,16). The third kappa shape index (κ3) is 2.56.